The molecule has 4 rings (SSSR count). The van der Waals surface area contributed by atoms with Crippen LogP contribution in [0, 0.1) is 24.1 Å². The molecule has 2 aliphatic rings. The van der Waals surface area contributed by atoms with E-state index >= 15 is 0 Å². The lowest BCUT2D eigenvalue weighted by atomic mass is 9.57. The van der Waals surface area contributed by atoms with Gasteiger partial charge < -0.3 is 9.73 Å². The number of nitrogens with one attached hydrogen (secondary N) is 1. The second-order valence-electron chi connectivity index (χ2n) is 7.65. The minimum atomic E-state index is -0.498. The molecule has 2 fully saturated rings. The summed E-state index contributed by atoms with van der Waals surface area (Å²) in [6, 6.07) is 3.88. The van der Waals surface area contributed by atoms with Crippen LogP contribution in [0.1, 0.15) is 34.8 Å². The molecule has 0 bridgehead atoms. The van der Waals surface area contributed by atoms with Gasteiger partial charge in [-0.3, -0.25) is 9.69 Å². The summed E-state index contributed by atoms with van der Waals surface area (Å²) >= 11 is 5.80. The molecule has 2 heterocycles. The number of halogens is 2. The molecule has 1 amide bonds. The Kier molecular flexibility index (Phi) is 4.49. The van der Waals surface area contributed by atoms with Crippen molar-refractivity contribution in [3.05, 3.63) is 52.5 Å². The summed E-state index contributed by atoms with van der Waals surface area (Å²) in [4.78, 5) is 18.8. The maximum atomic E-state index is 13.3. The van der Waals surface area contributed by atoms with E-state index in [1.54, 1.807) is 6.26 Å². The molecule has 2 aromatic rings. The normalized spacial score (nSPS) is 19.2. The highest BCUT2D eigenvalue weighted by atomic mass is 35.5. The number of carbonyl (C=O) groups is 1. The van der Waals surface area contributed by atoms with Gasteiger partial charge in [-0.05, 0) is 42.4 Å². The zero-order valence-corrected chi connectivity index (χ0v) is 15.4. The number of oxazole rings is 1. The number of nitrogens with zero attached hydrogens (tertiary/aromatic N) is 2. The fraction of sp³-hybridized carbons (Fsp3) is 0.474. The van der Waals surface area contributed by atoms with Gasteiger partial charge >= 0.3 is 0 Å². The highest BCUT2D eigenvalue weighted by Crippen LogP contribution is 2.51. The summed E-state index contributed by atoms with van der Waals surface area (Å²) in [6.07, 6.45) is 3.95. The minimum absolute atomic E-state index is 0.231. The molecule has 1 aliphatic carbocycles. The standard InChI is InChI=1S/C19H21ClFN3O2/c1-12-23-17(9-26-12)8-24-10-19(11-24)5-13(6-19)7-22-18(25)14-2-15(20)4-16(21)3-14/h2-4,9,13H,5-8,10-11H2,1H3,(H,22,25). The summed E-state index contributed by atoms with van der Waals surface area (Å²) in [5.74, 6) is 0.416. The van der Waals surface area contributed by atoms with Crippen LogP contribution in [0.4, 0.5) is 4.39 Å². The van der Waals surface area contributed by atoms with Crippen LogP contribution in [0.25, 0.3) is 0 Å². The van der Waals surface area contributed by atoms with Crippen molar-refractivity contribution in [3.63, 3.8) is 0 Å². The topological polar surface area (TPSA) is 58.4 Å². The van der Waals surface area contributed by atoms with Gasteiger partial charge in [0.15, 0.2) is 5.89 Å². The summed E-state index contributed by atoms with van der Waals surface area (Å²) in [6.45, 7) is 5.45. The van der Waals surface area contributed by atoms with Gasteiger partial charge in [0.25, 0.3) is 5.91 Å². The van der Waals surface area contributed by atoms with Crippen LogP contribution in [0.5, 0.6) is 0 Å². The Hall–Kier alpha value is -1.92. The van der Waals surface area contributed by atoms with Crippen molar-refractivity contribution in [1.82, 2.24) is 15.2 Å². The van der Waals surface area contributed by atoms with E-state index in [4.69, 9.17) is 16.0 Å². The number of carbonyl (C=O) groups excluding carboxylic acids is 1. The van der Waals surface area contributed by atoms with Gasteiger partial charge in [0.05, 0.1) is 5.69 Å². The molecule has 1 aromatic carbocycles. The average molecular weight is 378 g/mol. The Morgan fingerprint density at radius 3 is 2.85 bits per heavy atom. The monoisotopic (exact) mass is 377 g/mol. The van der Waals surface area contributed by atoms with Crippen LogP contribution in [0.15, 0.2) is 28.9 Å². The first-order valence-electron chi connectivity index (χ1n) is 8.78. The molecule has 0 unspecified atom stereocenters. The van der Waals surface area contributed by atoms with Gasteiger partial charge in [-0.25, -0.2) is 9.37 Å². The van der Waals surface area contributed by atoms with E-state index in [2.05, 4.69) is 15.2 Å². The second-order valence-corrected chi connectivity index (χ2v) is 8.08. The van der Waals surface area contributed by atoms with E-state index in [0.717, 1.165) is 38.2 Å². The fourth-order valence-electron chi connectivity index (χ4n) is 4.32. The summed E-state index contributed by atoms with van der Waals surface area (Å²) in [5.41, 5.74) is 1.65. The molecule has 7 heteroatoms. The summed E-state index contributed by atoms with van der Waals surface area (Å²) in [7, 11) is 0. The van der Waals surface area contributed by atoms with Crippen molar-refractivity contribution in [2.45, 2.75) is 26.3 Å². The Balaban J connectivity index is 1.19. The van der Waals surface area contributed by atoms with Crippen molar-refractivity contribution >= 4 is 17.5 Å². The van der Waals surface area contributed by atoms with Crippen molar-refractivity contribution < 1.29 is 13.6 Å². The predicted octanol–water partition coefficient (Wildman–Crippen LogP) is 3.42. The zero-order valence-electron chi connectivity index (χ0n) is 14.6. The van der Waals surface area contributed by atoms with Gasteiger partial charge in [0.2, 0.25) is 0 Å². The number of aryl methyl sites for hydroxylation is 1. The second kappa shape index (κ2) is 6.67. The van der Waals surface area contributed by atoms with Crippen LogP contribution in [0.2, 0.25) is 5.02 Å². The highest BCUT2D eigenvalue weighted by molar-refractivity contribution is 6.31. The molecule has 0 atom stereocenters. The van der Waals surface area contributed by atoms with Crippen molar-refractivity contribution in [2.24, 2.45) is 11.3 Å². The smallest absolute Gasteiger partial charge is 0.251 e. The molecule has 1 aromatic heterocycles. The SMILES string of the molecule is Cc1nc(CN2CC3(CC(CNC(=O)c4cc(F)cc(Cl)c4)C3)C2)co1. The van der Waals surface area contributed by atoms with Gasteiger partial charge in [-0.15, -0.1) is 0 Å². The third-order valence-electron chi connectivity index (χ3n) is 5.29. The quantitative estimate of drug-likeness (QED) is 0.867. The van der Waals surface area contributed by atoms with Crippen molar-refractivity contribution in [3.8, 4) is 0 Å². The van der Waals surface area contributed by atoms with Crippen molar-refractivity contribution in [1.29, 1.82) is 0 Å². The summed E-state index contributed by atoms with van der Waals surface area (Å²) in [5, 5.41) is 3.13. The number of rotatable bonds is 5. The number of benzene rings is 1. The number of likely N-dealkylation sites (tertiary alicyclic amines) is 1. The Morgan fingerprint density at radius 2 is 2.19 bits per heavy atom. The molecule has 138 valence electrons. The molecule has 26 heavy (non-hydrogen) atoms. The van der Waals surface area contributed by atoms with Gasteiger partial charge in [0, 0.05) is 43.7 Å². The minimum Gasteiger partial charge on any atom is -0.449 e. The molecule has 5 nitrogen and oxygen atoms in total. The zero-order chi connectivity index (χ0) is 18.3. The van der Waals surface area contributed by atoms with Crippen molar-refractivity contribution in [2.75, 3.05) is 19.6 Å². The van der Waals surface area contributed by atoms with E-state index < -0.39 is 5.82 Å². The number of aromatic nitrogens is 1. The van der Waals surface area contributed by atoms with E-state index in [1.807, 2.05) is 6.92 Å². The lowest BCUT2D eigenvalue weighted by Crippen LogP contribution is -2.62. The maximum Gasteiger partial charge on any atom is 0.251 e. The first-order valence-corrected chi connectivity index (χ1v) is 9.16. The summed E-state index contributed by atoms with van der Waals surface area (Å²) < 4.78 is 18.6. The Labute approximate surface area is 156 Å². The molecule has 1 saturated carbocycles. The van der Waals surface area contributed by atoms with Crippen LogP contribution in [0.3, 0.4) is 0 Å². The lowest BCUT2D eigenvalue weighted by Gasteiger charge is -2.59. The molecule has 0 radical (unpaired) electrons. The number of hydrogen-bond acceptors (Lipinski definition) is 4. The van der Waals surface area contributed by atoms with Crippen LogP contribution in [-0.4, -0.2) is 35.4 Å². The van der Waals surface area contributed by atoms with Crippen LogP contribution < -0.4 is 5.32 Å². The molecular weight excluding hydrogens is 357 g/mol. The predicted molar refractivity (Wildman–Crippen MR) is 95.4 cm³/mol. The van der Waals surface area contributed by atoms with E-state index in [9.17, 15) is 9.18 Å². The van der Waals surface area contributed by atoms with Crippen LogP contribution >= 0.6 is 11.6 Å². The third kappa shape index (κ3) is 3.62. The average Bonchev–Trinajstić information content (AvgIpc) is 2.91. The molecule has 1 N–H and O–H groups in total. The van der Waals surface area contributed by atoms with Gasteiger partial charge in [-0.2, -0.15) is 0 Å². The Morgan fingerprint density at radius 1 is 1.42 bits per heavy atom. The van der Waals surface area contributed by atoms with E-state index in [0.29, 0.717) is 23.8 Å². The van der Waals surface area contributed by atoms with Crippen LogP contribution in [-0.2, 0) is 6.54 Å². The molecule has 1 spiro atoms. The fourth-order valence-corrected chi connectivity index (χ4v) is 4.54. The third-order valence-corrected chi connectivity index (χ3v) is 5.51. The largest absolute Gasteiger partial charge is 0.449 e. The maximum absolute atomic E-state index is 13.3. The first-order chi connectivity index (χ1) is 12.4. The number of hydrogen-bond donors (Lipinski definition) is 1. The van der Waals surface area contributed by atoms with Gasteiger partial charge in [-0.1, -0.05) is 11.6 Å². The molecular formula is C19H21ClFN3O2. The first kappa shape index (κ1) is 17.5. The molecule has 1 saturated heterocycles. The lowest BCUT2D eigenvalue weighted by molar-refractivity contribution is -0.0971. The van der Waals surface area contributed by atoms with E-state index in [-0.39, 0.29) is 16.5 Å². The Bertz CT molecular complexity index is 804. The highest BCUT2D eigenvalue weighted by Gasteiger charge is 2.51. The van der Waals surface area contributed by atoms with E-state index in [1.165, 1.54) is 18.2 Å². The number of amides is 1. The molecule has 1 aliphatic heterocycles. The van der Waals surface area contributed by atoms with Gasteiger partial charge in [0.1, 0.15) is 12.1 Å².